The fourth-order valence-electron chi connectivity index (χ4n) is 3.23. The number of piperidine rings is 1. The molecular weight excluding hydrogens is 298 g/mol. The van der Waals surface area contributed by atoms with E-state index in [2.05, 4.69) is 11.4 Å². The van der Waals surface area contributed by atoms with Crippen LogP contribution in [0.4, 0.5) is 0 Å². The molecule has 1 aromatic rings. The van der Waals surface area contributed by atoms with Crippen LogP contribution in [0.25, 0.3) is 0 Å². The van der Waals surface area contributed by atoms with Gasteiger partial charge in [-0.2, -0.15) is 0 Å². The number of hydrogen-bond donors (Lipinski definition) is 1. The number of amides is 2. The van der Waals surface area contributed by atoms with Crippen molar-refractivity contribution in [2.45, 2.75) is 44.7 Å². The maximum atomic E-state index is 12.3. The summed E-state index contributed by atoms with van der Waals surface area (Å²) in [4.78, 5) is 29.6. The van der Waals surface area contributed by atoms with Crippen LogP contribution in [0.3, 0.4) is 0 Å². The third-order valence-electron chi connectivity index (χ3n) is 4.52. The fraction of sp³-hybridized carbons (Fsp3) is 0.625. The second-order valence-electron chi connectivity index (χ2n) is 6.18. The second kappa shape index (κ2) is 6.79. The van der Waals surface area contributed by atoms with E-state index < -0.39 is 0 Å². The molecule has 1 saturated heterocycles. The van der Waals surface area contributed by atoms with Crippen LogP contribution in [0.2, 0.25) is 0 Å². The van der Waals surface area contributed by atoms with Crippen LogP contribution < -0.4 is 5.73 Å². The van der Waals surface area contributed by atoms with E-state index in [1.807, 2.05) is 9.80 Å². The lowest BCUT2D eigenvalue weighted by molar-refractivity contribution is -0.138. The van der Waals surface area contributed by atoms with E-state index in [0.717, 1.165) is 32.4 Å². The highest BCUT2D eigenvalue weighted by Crippen LogP contribution is 2.24. The molecule has 3 heterocycles. The molecule has 22 heavy (non-hydrogen) atoms. The van der Waals surface area contributed by atoms with Gasteiger partial charge in [0.2, 0.25) is 11.8 Å². The number of carbonyl (C=O) groups excluding carboxylic acids is 2. The molecule has 1 unspecified atom stereocenters. The molecule has 0 aliphatic carbocycles. The molecule has 0 bridgehead atoms. The number of hydrogen-bond acceptors (Lipinski definition) is 4. The molecule has 6 heteroatoms. The average molecular weight is 321 g/mol. The van der Waals surface area contributed by atoms with E-state index in [1.165, 1.54) is 10.4 Å². The van der Waals surface area contributed by atoms with Gasteiger partial charge in [-0.15, -0.1) is 11.3 Å². The lowest BCUT2D eigenvalue weighted by Crippen LogP contribution is -2.46. The molecule has 5 nitrogen and oxygen atoms in total. The summed E-state index contributed by atoms with van der Waals surface area (Å²) in [5.74, 6) is 0.156. The minimum absolute atomic E-state index is 0.0664. The molecule has 0 spiro atoms. The van der Waals surface area contributed by atoms with Gasteiger partial charge in [0.1, 0.15) is 0 Å². The topological polar surface area (TPSA) is 66.6 Å². The second-order valence-corrected chi connectivity index (χ2v) is 7.18. The first-order valence-corrected chi connectivity index (χ1v) is 8.88. The van der Waals surface area contributed by atoms with Gasteiger partial charge < -0.3 is 15.5 Å². The van der Waals surface area contributed by atoms with E-state index >= 15 is 0 Å². The number of likely N-dealkylation sites (tertiary alicyclic amines) is 1. The number of thiophene rings is 1. The zero-order chi connectivity index (χ0) is 15.5. The Labute approximate surface area is 135 Å². The number of rotatable bonds is 3. The number of nitrogens with two attached hydrogens (primary N) is 1. The summed E-state index contributed by atoms with van der Waals surface area (Å²) in [7, 11) is 0. The van der Waals surface area contributed by atoms with Crippen LogP contribution >= 0.6 is 11.3 Å². The van der Waals surface area contributed by atoms with Gasteiger partial charge in [0, 0.05) is 49.9 Å². The quantitative estimate of drug-likeness (QED) is 0.914. The summed E-state index contributed by atoms with van der Waals surface area (Å²) >= 11 is 1.77. The lowest BCUT2D eigenvalue weighted by Gasteiger charge is -2.31. The standard InChI is InChI=1S/C16H23N3O2S/c17-13-2-1-7-18(11-13)15(20)3-4-16(21)19-8-5-14-12(10-19)6-9-22-14/h6,9,13H,1-5,7-8,10-11,17H2. The molecular formula is C16H23N3O2S. The van der Waals surface area contributed by atoms with Crippen LogP contribution in [0.5, 0.6) is 0 Å². The number of fused-ring (bicyclic) bond motifs is 1. The Morgan fingerprint density at radius 3 is 2.77 bits per heavy atom. The summed E-state index contributed by atoms with van der Waals surface area (Å²) in [6, 6.07) is 2.19. The first-order chi connectivity index (χ1) is 10.6. The van der Waals surface area contributed by atoms with Gasteiger partial charge in [0.25, 0.3) is 0 Å². The van der Waals surface area contributed by atoms with Crippen LogP contribution in [0.1, 0.15) is 36.1 Å². The molecule has 2 aliphatic rings. The highest BCUT2D eigenvalue weighted by molar-refractivity contribution is 7.10. The molecule has 2 N–H and O–H groups in total. The Hall–Kier alpha value is -1.40. The van der Waals surface area contributed by atoms with Crippen LogP contribution in [-0.2, 0) is 22.6 Å². The highest BCUT2D eigenvalue weighted by Gasteiger charge is 2.24. The third kappa shape index (κ3) is 3.50. The predicted molar refractivity (Wildman–Crippen MR) is 86.5 cm³/mol. The Morgan fingerprint density at radius 1 is 1.23 bits per heavy atom. The molecule has 0 radical (unpaired) electrons. The van der Waals surface area contributed by atoms with Crippen molar-refractivity contribution >= 4 is 23.2 Å². The minimum Gasteiger partial charge on any atom is -0.341 e. The van der Waals surface area contributed by atoms with Gasteiger partial charge in [-0.3, -0.25) is 9.59 Å². The zero-order valence-corrected chi connectivity index (χ0v) is 13.6. The van der Waals surface area contributed by atoms with Gasteiger partial charge in [-0.1, -0.05) is 0 Å². The van der Waals surface area contributed by atoms with Gasteiger partial charge in [0.05, 0.1) is 0 Å². The van der Waals surface area contributed by atoms with Gasteiger partial charge in [-0.25, -0.2) is 0 Å². The van der Waals surface area contributed by atoms with E-state index in [4.69, 9.17) is 5.73 Å². The summed E-state index contributed by atoms with van der Waals surface area (Å²) < 4.78 is 0. The van der Waals surface area contributed by atoms with Gasteiger partial charge in [0.15, 0.2) is 0 Å². The SMILES string of the molecule is NC1CCCN(C(=O)CCC(=O)N2CCc3sccc3C2)C1. The van der Waals surface area contributed by atoms with Crippen molar-refractivity contribution in [2.24, 2.45) is 5.73 Å². The average Bonchev–Trinajstić information content (AvgIpc) is 2.99. The first-order valence-electron chi connectivity index (χ1n) is 8.00. The Bertz CT molecular complexity index is 557. The van der Waals surface area contributed by atoms with E-state index in [9.17, 15) is 9.59 Å². The van der Waals surface area contributed by atoms with Crippen LogP contribution in [0.15, 0.2) is 11.4 Å². The molecule has 3 rings (SSSR count). The molecule has 0 saturated carbocycles. The molecule has 0 aromatic carbocycles. The van der Waals surface area contributed by atoms with Crippen molar-refractivity contribution in [3.05, 3.63) is 21.9 Å². The summed E-state index contributed by atoms with van der Waals surface area (Å²) in [5, 5.41) is 2.09. The Kier molecular flexibility index (Phi) is 4.78. The Morgan fingerprint density at radius 2 is 2.00 bits per heavy atom. The lowest BCUT2D eigenvalue weighted by atomic mass is 10.1. The monoisotopic (exact) mass is 321 g/mol. The Balaban J connectivity index is 1.47. The van der Waals surface area contributed by atoms with Gasteiger partial charge in [-0.05, 0) is 36.3 Å². The largest absolute Gasteiger partial charge is 0.341 e. The van der Waals surface area contributed by atoms with Gasteiger partial charge >= 0.3 is 0 Å². The molecule has 1 fully saturated rings. The van der Waals surface area contributed by atoms with E-state index in [-0.39, 0.29) is 17.9 Å². The van der Waals surface area contributed by atoms with E-state index in [0.29, 0.717) is 25.9 Å². The fourth-order valence-corrected chi connectivity index (χ4v) is 4.12. The number of nitrogens with zero attached hydrogens (tertiary/aromatic N) is 2. The normalized spacial score (nSPS) is 21.6. The van der Waals surface area contributed by atoms with Crippen molar-refractivity contribution in [2.75, 3.05) is 19.6 Å². The van der Waals surface area contributed by atoms with Crippen molar-refractivity contribution < 1.29 is 9.59 Å². The van der Waals surface area contributed by atoms with Crippen LogP contribution in [-0.4, -0.2) is 47.3 Å². The molecule has 120 valence electrons. The van der Waals surface area contributed by atoms with Crippen molar-refractivity contribution in [3.63, 3.8) is 0 Å². The minimum atomic E-state index is 0.0664. The summed E-state index contributed by atoms with van der Waals surface area (Å²) in [6.45, 7) is 2.88. The van der Waals surface area contributed by atoms with Crippen LogP contribution in [0, 0.1) is 0 Å². The van der Waals surface area contributed by atoms with Crippen molar-refractivity contribution in [3.8, 4) is 0 Å². The summed E-state index contributed by atoms with van der Waals surface area (Å²) in [6.07, 6.45) is 3.50. The maximum absolute atomic E-state index is 12.3. The predicted octanol–water partition coefficient (Wildman–Crippen LogP) is 1.36. The smallest absolute Gasteiger partial charge is 0.223 e. The number of carbonyl (C=O) groups is 2. The molecule has 2 amide bonds. The molecule has 2 aliphatic heterocycles. The molecule has 1 atom stereocenters. The van der Waals surface area contributed by atoms with E-state index in [1.54, 1.807) is 11.3 Å². The first kappa shape index (κ1) is 15.5. The van der Waals surface area contributed by atoms with Crippen molar-refractivity contribution in [1.29, 1.82) is 0 Å². The highest BCUT2D eigenvalue weighted by atomic mass is 32.1. The summed E-state index contributed by atoms with van der Waals surface area (Å²) in [5.41, 5.74) is 7.16. The maximum Gasteiger partial charge on any atom is 0.223 e. The zero-order valence-electron chi connectivity index (χ0n) is 12.8. The molecule has 1 aromatic heterocycles. The van der Waals surface area contributed by atoms with Crippen molar-refractivity contribution in [1.82, 2.24) is 9.80 Å². The third-order valence-corrected chi connectivity index (χ3v) is 5.55.